The molecule has 2 nitrogen and oxygen atoms in total. The van der Waals surface area contributed by atoms with E-state index in [4.69, 9.17) is 0 Å². The van der Waals surface area contributed by atoms with E-state index in [2.05, 4.69) is 12.2 Å². The minimum absolute atomic E-state index is 0.0510. The van der Waals surface area contributed by atoms with E-state index in [1.165, 1.54) is 6.42 Å². The van der Waals surface area contributed by atoms with Crippen molar-refractivity contribution in [2.24, 2.45) is 5.92 Å². The van der Waals surface area contributed by atoms with Gasteiger partial charge in [0.1, 0.15) is 0 Å². The molecule has 1 rings (SSSR count). The van der Waals surface area contributed by atoms with Crippen molar-refractivity contribution in [2.45, 2.75) is 38.7 Å². The maximum atomic E-state index is 9.64. The molecule has 66 valence electrons. The molecule has 0 aliphatic carbocycles. The van der Waals surface area contributed by atoms with Gasteiger partial charge in [-0.1, -0.05) is 19.8 Å². The van der Waals surface area contributed by atoms with Crippen LogP contribution in [0.1, 0.15) is 32.6 Å². The fourth-order valence-electron chi connectivity index (χ4n) is 1.65. The third-order valence-corrected chi connectivity index (χ3v) is 2.50. The fourth-order valence-corrected chi connectivity index (χ4v) is 1.65. The number of aliphatic hydroxyl groups excluding tert-OH is 1. The Morgan fingerprint density at radius 1 is 1.64 bits per heavy atom. The lowest BCUT2D eigenvalue weighted by molar-refractivity contribution is 0.106. The second-order valence-corrected chi connectivity index (χ2v) is 3.46. The first-order chi connectivity index (χ1) is 5.34. The smallest absolute Gasteiger partial charge is 0.0581 e. The van der Waals surface area contributed by atoms with Crippen molar-refractivity contribution in [1.29, 1.82) is 0 Å². The molecule has 0 radical (unpaired) electrons. The predicted octanol–water partition coefficient (Wildman–Crippen LogP) is 1.15. The molecule has 2 unspecified atom stereocenters. The quantitative estimate of drug-likeness (QED) is 0.641. The van der Waals surface area contributed by atoms with Crippen LogP contribution in [0.3, 0.4) is 0 Å². The van der Waals surface area contributed by atoms with Crippen LogP contribution in [0.4, 0.5) is 0 Å². The van der Waals surface area contributed by atoms with E-state index < -0.39 is 0 Å². The van der Waals surface area contributed by atoms with Crippen molar-refractivity contribution in [3.05, 3.63) is 0 Å². The Morgan fingerprint density at radius 3 is 3.00 bits per heavy atom. The van der Waals surface area contributed by atoms with Gasteiger partial charge in [0.2, 0.25) is 0 Å². The minimum atomic E-state index is -0.0510. The Bertz CT molecular complexity index is 99.7. The monoisotopic (exact) mass is 157 g/mol. The number of nitrogens with one attached hydrogen (secondary N) is 1. The van der Waals surface area contributed by atoms with Gasteiger partial charge in [-0.05, 0) is 25.3 Å². The second-order valence-electron chi connectivity index (χ2n) is 3.46. The van der Waals surface area contributed by atoms with E-state index in [0.29, 0.717) is 5.92 Å². The second kappa shape index (κ2) is 4.73. The van der Waals surface area contributed by atoms with E-state index in [-0.39, 0.29) is 6.10 Å². The Labute approximate surface area is 69.0 Å². The van der Waals surface area contributed by atoms with Gasteiger partial charge >= 0.3 is 0 Å². The Morgan fingerprint density at radius 2 is 2.45 bits per heavy atom. The summed E-state index contributed by atoms with van der Waals surface area (Å²) in [6, 6.07) is 0. The summed E-state index contributed by atoms with van der Waals surface area (Å²) in [5.41, 5.74) is 0. The molecule has 2 heteroatoms. The van der Waals surface area contributed by atoms with Gasteiger partial charge in [0, 0.05) is 6.54 Å². The SMILES string of the molecule is CCCCC(O)C1CCNC1. The van der Waals surface area contributed by atoms with Gasteiger partial charge in [-0.2, -0.15) is 0 Å². The van der Waals surface area contributed by atoms with Gasteiger partial charge in [0.15, 0.2) is 0 Å². The van der Waals surface area contributed by atoms with E-state index in [1.807, 2.05) is 0 Å². The van der Waals surface area contributed by atoms with Crippen LogP contribution in [0.2, 0.25) is 0 Å². The average Bonchev–Trinajstić information content (AvgIpc) is 2.52. The molecule has 0 aromatic heterocycles. The molecule has 1 saturated heterocycles. The number of rotatable bonds is 4. The van der Waals surface area contributed by atoms with Crippen molar-refractivity contribution < 1.29 is 5.11 Å². The van der Waals surface area contributed by atoms with Crippen molar-refractivity contribution in [3.63, 3.8) is 0 Å². The molecule has 2 N–H and O–H groups in total. The summed E-state index contributed by atoms with van der Waals surface area (Å²) in [6.07, 6.45) is 4.45. The highest BCUT2D eigenvalue weighted by Crippen LogP contribution is 2.16. The first-order valence-electron chi connectivity index (χ1n) is 4.73. The highest BCUT2D eigenvalue weighted by atomic mass is 16.3. The van der Waals surface area contributed by atoms with Crippen LogP contribution < -0.4 is 5.32 Å². The molecule has 0 amide bonds. The van der Waals surface area contributed by atoms with Crippen molar-refractivity contribution in [1.82, 2.24) is 5.32 Å². The predicted molar refractivity (Wildman–Crippen MR) is 46.5 cm³/mol. The third kappa shape index (κ3) is 2.80. The highest BCUT2D eigenvalue weighted by molar-refractivity contribution is 4.77. The van der Waals surface area contributed by atoms with E-state index in [1.54, 1.807) is 0 Å². The van der Waals surface area contributed by atoms with Gasteiger partial charge in [-0.3, -0.25) is 0 Å². The van der Waals surface area contributed by atoms with Crippen LogP contribution in [0.5, 0.6) is 0 Å². The molecule has 0 aromatic rings. The molecule has 0 bridgehead atoms. The molecule has 1 heterocycles. The molecule has 11 heavy (non-hydrogen) atoms. The number of hydrogen-bond donors (Lipinski definition) is 2. The number of aliphatic hydroxyl groups is 1. The van der Waals surface area contributed by atoms with Crippen LogP contribution in [0.15, 0.2) is 0 Å². The lowest BCUT2D eigenvalue weighted by Gasteiger charge is -2.15. The van der Waals surface area contributed by atoms with Crippen LogP contribution in [0, 0.1) is 5.92 Å². The molecular weight excluding hydrogens is 138 g/mol. The van der Waals surface area contributed by atoms with Gasteiger partial charge in [0.25, 0.3) is 0 Å². The molecule has 1 aliphatic rings. The van der Waals surface area contributed by atoms with Crippen molar-refractivity contribution in [2.75, 3.05) is 13.1 Å². The Kier molecular flexibility index (Phi) is 3.87. The van der Waals surface area contributed by atoms with Gasteiger partial charge < -0.3 is 10.4 Å². The van der Waals surface area contributed by atoms with Gasteiger partial charge in [-0.15, -0.1) is 0 Å². The molecule has 1 aliphatic heterocycles. The van der Waals surface area contributed by atoms with E-state index >= 15 is 0 Å². The summed E-state index contributed by atoms with van der Waals surface area (Å²) in [7, 11) is 0. The Balaban J connectivity index is 2.12. The molecule has 0 aromatic carbocycles. The zero-order valence-corrected chi connectivity index (χ0v) is 7.34. The summed E-state index contributed by atoms with van der Waals surface area (Å²) in [5, 5.41) is 12.9. The lowest BCUT2D eigenvalue weighted by atomic mass is 9.97. The molecule has 2 atom stereocenters. The maximum Gasteiger partial charge on any atom is 0.0581 e. The highest BCUT2D eigenvalue weighted by Gasteiger charge is 2.21. The van der Waals surface area contributed by atoms with Crippen molar-refractivity contribution in [3.8, 4) is 0 Å². The van der Waals surface area contributed by atoms with Crippen LogP contribution in [-0.4, -0.2) is 24.3 Å². The summed E-state index contributed by atoms with van der Waals surface area (Å²) in [5.74, 6) is 0.529. The molecule has 0 spiro atoms. The topological polar surface area (TPSA) is 32.3 Å². The average molecular weight is 157 g/mol. The summed E-state index contributed by atoms with van der Waals surface area (Å²) < 4.78 is 0. The lowest BCUT2D eigenvalue weighted by Crippen LogP contribution is -2.22. The minimum Gasteiger partial charge on any atom is -0.393 e. The molecule has 0 saturated carbocycles. The summed E-state index contributed by atoms with van der Waals surface area (Å²) >= 11 is 0. The Hall–Kier alpha value is -0.0800. The van der Waals surface area contributed by atoms with Crippen LogP contribution in [0.25, 0.3) is 0 Å². The van der Waals surface area contributed by atoms with Crippen LogP contribution >= 0.6 is 0 Å². The molecule has 1 fully saturated rings. The fraction of sp³-hybridized carbons (Fsp3) is 1.00. The van der Waals surface area contributed by atoms with E-state index in [9.17, 15) is 5.11 Å². The number of unbranched alkanes of at least 4 members (excludes halogenated alkanes) is 1. The standard InChI is InChI=1S/C9H19NO/c1-2-3-4-9(11)8-5-6-10-7-8/h8-11H,2-7H2,1H3. The van der Waals surface area contributed by atoms with E-state index in [0.717, 1.165) is 32.4 Å². The first kappa shape index (κ1) is 9.01. The van der Waals surface area contributed by atoms with Crippen molar-refractivity contribution >= 4 is 0 Å². The zero-order chi connectivity index (χ0) is 8.10. The molecular formula is C9H19NO. The largest absolute Gasteiger partial charge is 0.393 e. The van der Waals surface area contributed by atoms with Crippen LogP contribution in [-0.2, 0) is 0 Å². The number of hydrogen-bond acceptors (Lipinski definition) is 2. The zero-order valence-electron chi connectivity index (χ0n) is 7.34. The van der Waals surface area contributed by atoms with Gasteiger partial charge in [0.05, 0.1) is 6.10 Å². The first-order valence-corrected chi connectivity index (χ1v) is 4.73. The normalized spacial score (nSPS) is 27.3. The summed E-state index contributed by atoms with van der Waals surface area (Å²) in [4.78, 5) is 0. The maximum absolute atomic E-state index is 9.64. The third-order valence-electron chi connectivity index (χ3n) is 2.50. The summed E-state index contributed by atoms with van der Waals surface area (Å²) in [6.45, 7) is 4.28. The van der Waals surface area contributed by atoms with Gasteiger partial charge in [-0.25, -0.2) is 0 Å².